The number of carbonyl (C=O) groups excluding carboxylic acids is 3. The summed E-state index contributed by atoms with van der Waals surface area (Å²) < 4.78 is 12.5. The molecule has 3 rings (SSSR count). The molecule has 232 valence electrons. The van der Waals surface area contributed by atoms with Gasteiger partial charge in [0, 0.05) is 25.2 Å². The van der Waals surface area contributed by atoms with Crippen molar-refractivity contribution in [3.63, 3.8) is 0 Å². The van der Waals surface area contributed by atoms with E-state index in [9.17, 15) is 19.5 Å². The zero-order valence-electron chi connectivity index (χ0n) is 26.5. The number of fused-ring (bicyclic) bond motifs is 1. The summed E-state index contributed by atoms with van der Waals surface area (Å²) in [6.07, 6.45) is 8.31. The summed E-state index contributed by atoms with van der Waals surface area (Å²) in [5, 5.41) is 9.20. The van der Waals surface area contributed by atoms with Gasteiger partial charge in [-0.1, -0.05) is 52.7 Å². The third-order valence-electron chi connectivity index (χ3n) is 9.45. The number of aliphatic hydroxyl groups excluding tert-OH is 1. The van der Waals surface area contributed by atoms with Gasteiger partial charge >= 0.3 is 5.97 Å². The van der Waals surface area contributed by atoms with E-state index in [2.05, 4.69) is 47.8 Å². The fourth-order valence-corrected chi connectivity index (χ4v) is 8.00. The Labute approximate surface area is 247 Å². The molecule has 8 nitrogen and oxygen atoms in total. The van der Waals surface area contributed by atoms with Gasteiger partial charge in [-0.2, -0.15) is 0 Å². The van der Waals surface area contributed by atoms with Crippen molar-refractivity contribution < 1.29 is 29.0 Å². The van der Waals surface area contributed by atoms with Crippen molar-refractivity contribution in [3.8, 4) is 0 Å². The summed E-state index contributed by atoms with van der Waals surface area (Å²) >= 11 is 0. The Morgan fingerprint density at radius 3 is 2.39 bits per heavy atom. The normalized spacial score (nSPS) is 30.8. The maximum Gasteiger partial charge on any atom is 0.312 e. The lowest BCUT2D eigenvalue weighted by molar-refractivity contribution is -0.163. The van der Waals surface area contributed by atoms with Crippen LogP contribution < -0.4 is 0 Å². The fraction of sp³-hybridized carbons (Fsp3) is 0.788. The zero-order valence-corrected chi connectivity index (χ0v) is 26.5. The molecule has 1 N–H and O–H groups in total. The van der Waals surface area contributed by atoms with Crippen molar-refractivity contribution in [1.82, 2.24) is 9.80 Å². The van der Waals surface area contributed by atoms with Crippen LogP contribution in [0, 0.1) is 23.2 Å². The lowest BCUT2D eigenvalue weighted by atomic mass is 9.62. The van der Waals surface area contributed by atoms with Gasteiger partial charge in [0.25, 0.3) is 0 Å². The van der Waals surface area contributed by atoms with Crippen LogP contribution in [0.4, 0.5) is 0 Å². The molecule has 8 heteroatoms. The second-order valence-electron chi connectivity index (χ2n) is 14.4. The Morgan fingerprint density at radius 2 is 1.80 bits per heavy atom. The van der Waals surface area contributed by atoms with Crippen LogP contribution in [0.2, 0.25) is 0 Å². The summed E-state index contributed by atoms with van der Waals surface area (Å²) in [7, 11) is 0. The van der Waals surface area contributed by atoms with Crippen molar-refractivity contribution in [2.24, 2.45) is 23.2 Å². The molecule has 0 radical (unpaired) electrons. The Hall–Kier alpha value is -2.19. The minimum atomic E-state index is -1.10. The molecule has 41 heavy (non-hydrogen) atoms. The number of hydrogen-bond donors (Lipinski definition) is 1. The molecule has 3 aliphatic rings. The minimum Gasteiger partial charge on any atom is -0.465 e. The zero-order chi connectivity index (χ0) is 30.8. The number of likely N-dealkylation sites (tertiary alicyclic amines) is 1. The maximum atomic E-state index is 14.8. The van der Waals surface area contributed by atoms with E-state index in [4.69, 9.17) is 9.47 Å². The third-order valence-corrected chi connectivity index (χ3v) is 9.45. The van der Waals surface area contributed by atoms with Gasteiger partial charge in [0.1, 0.15) is 17.6 Å². The van der Waals surface area contributed by atoms with Crippen LogP contribution in [0.3, 0.4) is 0 Å². The summed E-state index contributed by atoms with van der Waals surface area (Å²) in [6, 6.07) is -0.840. The maximum absolute atomic E-state index is 14.8. The summed E-state index contributed by atoms with van der Waals surface area (Å²) in [6.45, 7) is 23.3. The molecule has 3 saturated heterocycles. The molecule has 6 atom stereocenters. The standard InChI is InChI=1S/C33H54N2O6/c1-10-12-20-40-29(39)25-24-27(37)34(18-15-13-14-16-19-36)26(33(24)21-23(3)32(25,9)41-33)28(38)35(17-11-2)31(7,8)22-30(4,5)6/h10-11,23-26,36H,1-2,12-22H2,3-9H3/t23?,24-,25-,26?,32+,33?/m0/s1. The van der Waals surface area contributed by atoms with Gasteiger partial charge in [-0.3, -0.25) is 14.4 Å². The molecule has 0 aromatic carbocycles. The van der Waals surface area contributed by atoms with Gasteiger partial charge < -0.3 is 24.4 Å². The highest BCUT2D eigenvalue weighted by atomic mass is 16.6. The monoisotopic (exact) mass is 574 g/mol. The summed E-state index contributed by atoms with van der Waals surface area (Å²) in [4.78, 5) is 46.3. The molecule has 2 bridgehead atoms. The number of hydrogen-bond acceptors (Lipinski definition) is 6. The number of ether oxygens (including phenoxy) is 2. The van der Waals surface area contributed by atoms with E-state index in [-0.39, 0.29) is 36.4 Å². The van der Waals surface area contributed by atoms with E-state index in [0.29, 0.717) is 38.8 Å². The predicted octanol–water partition coefficient (Wildman–Crippen LogP) is 4.90. The molecule has 1 spiro atoms. The van der Waals surface area contributed by atoms with Crippen molar-refractivity contribution in [3.05, 3.63) is 25.3 Å². The van der Waals surface area contributed by atoms with E-state index in [1.165, 1.54) is 0 Å². The van der Waals surface area contributed by atoms with Crippen molar-refractivity contribution >= 4 is 17.8 Å². The lowest BCUT2D eigenvalue weighted by Gasteiger charge is -2.45. The van der Waals surface area contributed by atoms with E-state index >= 15 is 0 Å². The molecular formula is C33H54N2O6. The van der Waals surface area contributed by atoms with Gasteiger partial charge in [-0.25, -0.2) is 0 Å². The van der Waals surface area contributed by atoms with Gasteiger partial charge in [0.15, 0.2) is 0 Å². The Balaban J connectivity index is 2.07. The van der Waals surface area contributed by atoms with E-state index in [1.807, 2.05) is 18.7 Å². The number of aliphatic hydroxyl groups is 1. The molecule has 3 fully saturated rings. The Morgan fingerprint density at radius 1 is 1.15 bits per heavy atom. The molecule has 3 unspecified atom stereocenters. The molecule has 0 aliphatic carbocycles. The number of rotatable bonds is 15. The first-order valence-corrected chi connectivity index (χ1v) is 15.4. The SMILES string of the molecule is C=CCCOC(=O)[C@@H]1[C@H]2C(=O)N(CCCCCCO)C(C(=O)N(CC=C)C(C)(C)CC(C)(C)C)C23CC(C)[C@@]1(C)O3. The first-order valence-electron chi connectivity index (χ1n) is 15.4. The lowest BCUT2D eigenvalue weighted by Crippen LogP contribution is -2.61. The van der Waals surface area contributed by atoms with Crippen molar-refractivity contribution in [2.75, 3.05) is 26.3 Å². The molecule has 3 heterocycles. The minimum absolute atomic E-state index is 0.0352. The smallest absolute Gasteiger partial charge is 0.312 e. The van der Waals surface area contributed by atoms with Crippen LogP contribution in [0.25, 0.3) is 0 Å². The quantitative estimate of drug-likeness (QED) is 0.170. The number of esters is 1. The Bertz CT molecular complexity index is 1000. The molecule has 0 aromatic heterocycles. The number of carbonyl (C=O) groups is 3. The van der Waals surface area contributed by atoms with E-state index < -0.39 is 40.6 Å². The second-order valence-corrected chi connectivity index (χ2v) is 14.4. The van der Waals surface area contributed by atoms with Crippen LogP contribution in [0.5, 0.6) is 0 Å². The highest BCUT2D eigenvalue weighted by molar-refractivity contribution is 5.98. The van der Waals surface area contributed by atoms with E-state index in [0.717, 1.165) is 19.3 Å². The number of nitrogens with zero attached hydrogens (tertiary/aromatic N) is 2. The first-order chi connectivity index (χ1) is 19.1. The van der Waals surface area contributed by atoms with Crippen molar-refractivity contribution in [2.45, 2.75) is 116 Å². The van der Waals surface area contributed by atoms with Crippen LogP contribution in [0.15, 0.2) is 25.3 Å². The molecular weight excluding hydrogens is 520 g/mol. The molecule has 0 saturated carbocycles. The first kappa shape index (κ1) is 33.3. The molecule has 2 amide bonds. The van der Waals surface area contributed by atoms with Gasteiger partial charge in [0.05, 0.1) is 18.1 Å². The largest absolute Gasteiger partial charge is 0.465 e. The van der Waals surface area contributed by atoms with Gasteiger partial charge in [-0.05, 0) is 64.2 Å². The van der Waals surface area contributed by atoms with Crippen molar-refractivity contribution in [1.29, 1.82) is 0 Å². The Kier molecular flexibility index (Phi) is 10.2. The fourth-order valence-electron chi connectivity index (χ4n) is 8.00. The van der Waals surface area contributed by atoms with Gasteiger partial charge in [0.2, 0.25) is 11.8 Å². The molecule has 0 aromatic rings. The van der Waals surface area contributed by atoms with Gasteiger partial charge in [-0.15, -0.1) is 13.2 Å². The highest BCUT2D eigenvalue weighted by Crippen LogP contribution is 2.65. The summed E-state index contributed by atoms with van der Waals surface area (Å²) in [5.41, 5.74) is -2.55. The number of unbranched alkanes of at least 4 members (excludes halogenated alkanes) is 3. The summed E-state index contributed by atoms with van der Waals surface area (Å²) in [5.74, 6) is -2.38. The predicted molar refractivity (Wildman–Crippen MR) is 160 cm³/mol. The topological polar surface area (TPSA) is 96.4 Å². The van der Waals surface area contributed by atoms with Crippen LogP contribution in [-0.2, 0) is 23.9 Å². The van der Waals surface area contributed by atoms with Crippen LogP contribution in [0.1, 0.15) is 93.4 Å². The van der Waals surface area contributed by atoms with Crippen LogP contribution >= 0.6 is 0 Å². The average molecular weight is 575 g/mol. The molecule has 3 aliphatic heterocycles. The van der Waals surface area contributed by atoms with Crippen LogP contribution in [-0.4, -0.2) is 81.8 Å². The third kappa shape index (κ3) is 6.29. The second kappa shape index (κ2) is 12.6. The van der Waals surface area contributed by atoms with E-state index in [1.54, 1.807) is 17.1 Å². The average Bonchev–Trinajstić information content (AvgIpc) is 3.37. The highest BCUT2D eigenvalue weighted by Gasteiger charge is 2.80. The number of amides is 2.